The van der Waals surface area contributed by atoms with Gasteiger partial charge in [-0.25, -0.2) is 18.2 Å². The Morgan fingerprint density at radius 1 is 1.00 bits per heavy atom. The first-order chi connectivity index (χ1) is 12.4. The summed E-state index contributed by atoms with van der Waals surface area (Å²) in [6.45, 7) is 0. The van der Waals surface area contributed by atoms with E-state index in [2.05, 4.69) is 10.1 Å². The molecule has 2 aromatic heterocycles. The van der Waals surface area contributed by atoms with Crippen LogP contribution < -0.4 is 0 Å². The van der Waals surface area contributed by atoms with Crippen molar-refractivity contribution in [1.82, 2.24) is 19.3 Å². The Morgan fingerprint density at radius 3 is 2.50 bits per heavy atom. The first-order valence-corrected chi connectivity index (χ1v) is 8.13. The van der Waals surface area contributed by atoms with E-state index < -0.39 is 17.5 Å². The highest BCUT2D eigenvalue weighted by atomic mass is 35.5. The number of nitrogens with zero attached hydrogens (tertiary/aromatic N) is 4. The second-order valence-corrected chi connectivity index (χ2v) is 6.37. The molecule has 0 radical (unpaired) electrons. The highest BCUT2D eigenvalue weighted by Crippen LogP contribution is 2.38. The summed E-state index contributed by atoms with van der Waals surface area (Å²) in [5.74, 6) is -1.66. The molecular formula is C17H9Cl2F3N4. The van der Waals surface area contributed by atoms with Gasteiger partial charge in [0.15, 0.2) is 11.0 Å². The van der Waals surface area contributed by atoms with E-state index in [1.807, 2.05) is 0 Å². The molecule has 0 fully saturated rings. The number of imidazole rings is 1. The van der Waals surface area contributed by atoms with Gasteiger partial charge in [-0.15, -0.1) is 0 Å². The predicted octanol–water partition coefficient (Wildman–Crippen LogP) is 5.15. The molecule has 0 spiro atoms. The van der Waals surface area contributed by atoms with Crippen molar-refractivity contribution in [2.45, 2.75) is 0 Å². The lowest BCUT2D eigenvalue weighted by atomic mass is 10.1. The van der Waals surface area contributed by atoms with E-state index in [-0.39, 0.29) is 21.2 Å². The first kappa shape index (κ1) is 16.9. The number of fused-ring (bicyclic) bond motifs is 1. The lowest BCUT2D eigenvalue weighted by molar-refractivity contribution is 0.589. The second-order valence-electron chi connectivity index (χ2n) is 5.61. The number of hydrogen-bond acceptors (Lipinski definition) is 2. The summed E-state index contributed by atoms with van der Waals surface area (Å²) < 4.78 is 44.1. The molecule has 0 aliphatic rings. The standard InChI is InChI=1S/C17H9Cl2F3N4/c1-25-17(26-7-23-13-6-9(21)5-12(22)15(13)26)14(16(19)24-25)10-3-2-8(20)4-11(10)18/h2-7H,1H3. The summed E-state index contributed by atoms with van der Waals surface area (Å²) in [5.41, 5.74) is 0.995. The Morgan fingerprint density at radius 2 is 1.77 bits per heavy atom. The molecule has 4 nitrogen and oxygen atoms in total. The molecule has 26 heavy (non-hydrogen) atoms. The van der Waals surface area contributed by atoms with Crippen LogP contribution >= 0.6 is 23.2 Å². The van der Waals surface area contributed by atoms with Gasteiger partial charge in [-0.3, -0.25) is 9.25 Å². The van der Waals surface area contributed by atoms with Crippen molar-refractivity contribution in [1.29, 1.82) is 0 Å². The third-order valence-corrected chi connectivity index (χ3v) is 4.54. The number of benzene rings is 2. The van der Waals surface area contributed by atoms with Gasteiger partial charge in [-0.1, -0.05) is 23.2 Å². The fraction of sp³-hybridized carbons (Fsp3) is 0.0588. The number of halogens is 5. The van der Waals surface area contributed by atoms with Gasteiger partial charge < -0.3 is 0 Å². The largest absolute Gasteiger partial charge is 0.280 e. The fourth-order valence-electron chi connectivity index (χ4n) is 2.91. The van der Waals surface area contributed by atoms with E-state index in [4.69, 9.17) is 23.2 Å². The Hall–Kier alpha value is -2.51. The summed E-state index contributed by atoms with van der Waals surface area (Å²) in [4.78, 5) is 4.04. The van der Waals surface area contributed by atoms with Gasteiger partial charge in [-0.05, 0) is 18.2 Å². The summed E-state index contributed by atoms with van der Waals surface area (Å²) in [5, 5.41) is 4.37. The number of aryl methyl sites for hydroxylation is 1. The summed E-state index contributed by atoms with van der Waals surface area (Å²) in [6, 6.07) is 5.72. The van der Waals surface area contributed by atoms with E-state index in [1.165, 1.54) is 27.7 Å². The van der Waals surface area contributed by atoms with Gasteiger partial charge in [0, 0.05) is 24.7 Å². The van der Waals surface area contributed by atoms with Crippen molar-refractivity contribution in [3.8, 4) is 16.9 Å². The zero-order chi connectivity index (χ0) is 18.6. The third-order valence-electron chi connectivity index (χ3n) is 3.96. The van der Waals surface area contributed by atoms with Crippen molar-refractivity contribution in [2.24, 2.45) is 7.05 Å². The van der Waals surface area contributed by atoms with Crippen molar-refractivity contribution >= 4 is 34.2 Å². The summed E-state index contributed by atoms with van der Waals surface area (Å²) >= 11 is 12.4. The molecular weight excluding hydrogens is 388 g/mol. The van der Waals surface area contributed by atoms with Crippen LogP contribution in [0.5, 0.6) is 0 Å². The Kier molecular flexibility index (Phi) is 3.93. The molecule has 0 aliphatic carbocycles. The average Bonchev–Trinajstić information content (AvgIpc) is 3.08. The van der Waals surface area contributed by atoms with Crippen LogP contribution in [0.4, 0.5) is 13.2 Å². The van der Waals surface area contributed by atoms with Crippen LogP contribution in [0.25, 0.3) is 28.0 Å². The van der Waals surface area contributed by atoms with E-state index >= 15 is 0 Å². The van der Waals surface area contributed by atoms with Gasteiger partial charge in [0.05, 0.1) is 16.1 Å². The molecule has 0 bridgehead atoms. The normalized spacial score (nSPS) is 11.5. The molecule has 0 N–H and O–H groups in total. The Balaban J connectivity index is 2.05. The molecule has 4 aromatic rings. The lowest BCUT2D eigenvalue weighted by Crippen LogP contribution is -2.04. The maximum atomic E-state index is 14.4. The van der Waals surface area contributed by atoms with Crippen LogP contribution in [-0.4, -0.2) is 19.3 Å². The summed E-state index contributed by atoms with van der Waals surface area (Å²) in [7, 11) is 1.61. The fourth-order valence-corrected chi connectivity index (χ4v) is 3.47. The SMILES string of the molecule is Cn1nc(Cl)c(-c2ccc(F)cc2Cl)c1-n1cnc2cc(F)cc(F)c21. The van der Waals surface area contributed by atoms with Crippen LogP contribution in [-0.2, 0) is 7.05 Å². The second kappa shape index (κ2) is 6.03. The highest BCUT2D eigenvalue weighted by molar-refractivity contribution is 6.36. The molecule has 2 heterocycles. The minimum absolute atomic E-state index is 0.0607. The van der Waals surface area contributed by atoms with E-state index in [1.54, 1.807) is 7.05 Å². The van der Waals surface area contributed by atoms with Crippen molar-refractivity contribution in [3.63, 3.8) is 0 Å². The lowest BCUT2D eigenvalue weighted by Gasteiger charge is -2.10. The van der Waals surface area contributed by atoms with Crippen molar-refractivity contribution in [2.75, 3.05) is 0 Å². The number of hydrogen-bond donors (Lipinski definition) is 0. The predicted molar refractivity (Wildman–Crippen MR) is 93.2 cm³/mol. The monoisotopic (exact) mass is 396 g/mol. The van der Waals surface area contributed by atoms with Crippen LogP contribution in [0, 0.1) is 17.5 Å². The number of aromatic nitrogens is 4. The Bertz CT molecular complexity index is 1170. The van der Waals surface area contributed by atoms with E-state index in [9.17, 15) is 13.2 Å². The molecule has 9 heteroatoms. The third kappa shape index (κ3) is 2.55. The van der Waals surface area contributed by atoms with Gasteiger partial charge in [-0.2, -0.15) is 5.10 Å². The van der Waals surface area contributed by atoms with Crippen LogP contribution in [0.15, 0.2) is 36.7 Å². The van der Waals surface area contributed by atoms with Gasteiger partial charge >= 0.3 is 0 Å². The zero-order valence-electron chi connectivity index (χ0n) is 13.1. The van der Waals surface area contributed by atoms with Gasteiger partial charge in [0.1, 0.15) is 29.3 Å². The minimum Gasteiger partial charge on any atom is -0.280 e. The molecule has 0 unspecified atom stereocenters. The average molecular weight is 397 g/mol. The first-order valence-electron chi connectivity index (χ1n) is 7.37. The van der Waals surface area contributed by atoms with Crippen LogP contribution in [0.3, 0.4) is 0 Å². The van der Waals surface area contributed by atoms with Crippen LogP contribution in [0.2, 0.25) is 10.2 Å². The molecule has 0 saturated heterocycles. The maximum Gasteiger partial charge on any atom is 0.161 e. The number of rotatable bonds is 2. The van der Waals surface area contributed by atoms with Crippen molar-refractivity contribution in [3.05, 3.63) is 64.3 Å². The van der Waals surface area contributed by atoms with Crippen molar-refractivity contribution < 1.29 is 13.2 Å². The molecule has 0 amide bonds. The maximum absolute atomic E-state index is 14.4. The minimum atomic E-state index is -0.786. The zero-order valence-corrected chi connectivity index (χ0v) is 14.7. The highest BCUT2D eigenvalue weighted by Gasteiger charge is 2.23. The molecule has 132 valence electrons. The molecule has 0 aliphatic heterocycles. The van der Waals surface area contributed by atoms with Crippen LogP contribution in [0.1, 0.15) is 0 Å². The van der Waals surface area contributed by atoms with E-state index in [0.717, 1.165) is 18.2 Å². The molecule has 0 atom stereocenters. The molecule has 2 aromatic carbocycles. The summed E-state index contributed by atoms with van der Waals surface area (Å²) in [6.07, 6.45) is 1.33. The molecule has 0 saturated carbocycles. The smallest absolute Gasteiger partial charge is 0.161 e. The van der Waals surface area contributed by atoms with Gasteiger partial charge in [0.25, 0.3) is 0 Å². The molecule has 4 rings (SSSR count). The topological polar surface area (TPSA) is 35.6 Å². The Labute approximate surface area is 155 Å². The quantitative estimate of drug-likeness (QED) is 0.469. The van der Waals surface area contributed by atoms with E-state index in [0.29, 0.717) is 16.9 Å². The van der Waals surface area contributed by atoms with Gasteiger partial charge in [0.2, 0.25) is 0 Å².